The van der Waals surface area contributed by atoms with Gasteiger partial charge in [-0.25, -0.2) is 4.39 Å². The molecule has 0 saturated carbocycles. The summed E-state index contributed by atoms with van der Waals surface area (Å²) in [6.07, 6.45) is 0. The van der Waals surface area contributed by atoms with Crippen LogP contribution in [0.25, 0.3) is 5.76 Å². The number of aromatic nitrogens is 2. The summed E-state index contributed by atoms with van der Waals surface area (Å²) in [5.74, 6) is -1.85. The fourth-order valence-electron chi connectivity index (χ4n) is 3.94. The zero-order chi connectivity index (χ0) is 26.1. The molecule has 2 heterocycles. The molecule has 1 aliphatic rings. The Balaban J connectivity index is 1.53. The van der Waals surface area contributed by atoms with Crippen LogP contribution in [0.3, 0.4) is 0 Å². The Morgan fingerprint density at radius 3 is 2.38 bits per heavy atom. The first-order chi connectivity index (χ1) is 17.8. The van der Waals surface area contributed by atoms with E-state index < -0.39 is 23.5 Å². The van der Waals surface area contributed by atoms with Crippen molar-refractivity contribution in [2.75, 3.05) is 4.90 Å². The van der Waals surface area contributed by atoms with Crippen molar-refractivity contribution >= 4 is 57.3 Å². The molecule has 1 amide bonds. The first-order valence-electron chi connectivity index (χ1n) is 11.2. The Hall–Kier alpha value is -3.53. The molecule has 1 saturated heterocycles. The molecular weight excluding hydrogens is 533 g/mol. The second-order valence-electron chi connectivity index (χ2n) is 8.35. The molecule has 1 unspecified atom stereocenters. The number of carbonyl (C=O) groups excluding carboxylic acids is 2. The van der Waals surface area contributed by atoms with Crippen LogP contribution in [0.2, 0.25) is 5.02 Å². The highest BCUT2D eigenvalue weighted by Crippen LogP contribution is 2.44. The smallest absolute Gasteiger partial charge is 0.301 e. The predicted octanol–water partition coefficient (Wildman–Crippen LogP) is 6.56. The van der Waals surface area contributed by atoms with Gasteiger partial charge in [-0.15, -0.1) is 10.2 Å². The maximum atomic E-state index is 13.7. The zero-order valence-electron chi connectivity index (χ0n) is 19.4. The van der Waals surface area contributed by atoms with Gasteiger partial charge in [0.05, 0.1) is 11.6 Å². The number of halogens is 2. The summed E-state index contributed by atoms with van der Waals surface area (Å²) in [7, 11) is 0. The van der Waals surface area contributed by atoms with Crippen molar-refractivity contribution in [3.05, 3.63) is 111 Å². The Labute approximate surface area is 225 Å². The van der Waals surface area contributed by atoms with Gasteiger partial charge in [-0.05, 0) is 42.3 Å². The monoisotopic (exact) mass is 551 g/mol. The quantitative estimate of drug-likeness (QED) is 0.0960. The lowest BCUT2D eigenvalue weighted by Gasteiger charge is -2.22. The predicted molar refractivity (Wildman–Crippen MR) is 143 cm³/mol. The average molecular weight is 552 g/mol. The van der Waals surface area contributed by atoms with E-state index in [1.165, 1.54) is 40.9 Å². The highest BCUT2D eigenvalue weighted by molar-refractivity contribution is 8.00. The molecule has 37 heavy (non-hydrogen) atoms. The summed E-state index contributed by atoms with van der Waals surface area (Å²) in [5, 5.41) is 20.4. The fraction of sp³-hybridized carbons (Fsp3) is 0.111. The summed E-state index contributed by atoms with van der Waals surface area (Å²) >= 11 is 8.54. The van der Waals surface area contributed by atoms with Gasteiger partial charge in [-0.1, -0.05) is 88.8 Å². The van der Waals surface area contributed by atoms with Crippen molar-refractivity contribution in [3.63, 3.8) is 0 Å². The number of thioether (sulfide) groups is 1. The molecule has 1 fully saturated rings. The normalized spacial score (nSPS) is 16.9. The Morgan fingerprint density at radius 1 is 1.03 bits per heavy atom. The zero-order valence-corrected chi connectivity index (χ0v) is 21.8. The van der Waals surface area contributed by atoms with Crippen molar-refractivity contribution in [1.82, 2.24) is 10.2 Å². The first kappa shape index (κ1) is 25.1. The van der Waals surface area contributed by atoms with E-state index >= 15 is 0 Å². The third-order valence-electron chi connectivity index (χ3n) is 5.83. The highest BCUT2D eigenvalue weighted by Gasteiger charge is 2.48. The van der Waals surface area contributed by atoms with E-state index in [9.17, 15) is 19.1 Å². The van der Waals surface area contributed by atoms with E-state index in [1.807, 2.05) is 19.1 Å². The summed E-state index contributed by atoms with van der Waals surface area (Å²) in [6, 6.07) is 18.8. The van der Waals surface area contributed by atoms with E-state index in [2.05, 4.69) is 10.2 Å². The molecule has 0 bridgehead atoms. The molecule has 10 heteroatoms. The van der Waals surface area contributed by atoms with Gasteiger partial charge < -0.3 is 5.11 Å². The molecular formula is C27H19ClFN3O3S2. The molecule has 1 atom stereocenters. The van der Waals surface area contributed by atoms with Gasteiger partial charge in [-0.3, -0.25) is 14.5 Å². The van der Waals surface area contributed by atoms with Crippen LogP contribution in [-0.2, 0) is 15.3 Å². The number of amides is 1. The van der Waals surface area contributed by atoms with E-state index in [0.29, 0.717) is 26.2 Å². The minimum Gasteiger partial charge on any atom is -0.507 e. The molecule has 4 aromatic rings. The second kappa shape index (κ2) is 10.5. The number of hydrogen-bond acceptors (Lipinski definition) is 7. The molecule has 186 valence electrons. The van der Waals surface area contributed by atoms with Crippen LogP contribution in [0.4, 0.5) is 9.52 Å². The number of aliphatic hydroxyl groups is 1. The van der Waals surface area contributed by atoms with Gasteiger partial charge in [0.15, 0.2) is 4.34 Å². The molecule has 0 spiro atoms. The lowest BCUT2D eigenvalue weighted by Crippen LogP contribution is -2.29. The van der Waals surface area contributed by atoms with E-state index in [1.54, 1.807) is 36.4 Å². The number of anilines is 1. The van der Waals surface area contributed by atoms with Crippen molar-refractivity contribution in [2.24, 2.45) is 0 Å². The van der Waals surface area contributed by atoms with Crippen molar-refractivity contribution < 1.29 is 19.1 Å². The van der Waals surface area contributed by atoms with Crippen molar-refractivity contribution in [3.8, 4) is 0 Å². The number of benzene rings is 3. The number of ketones is 1. The fourth-order valence-corrected chi connectivity index (χ4v) is 5.89. The van der Waals surface area contributed by atoms with Gasteiger partial charge >= 0.3 is 5.91 Å². The van der Waals surface area contributed by atoms with Crippen LogP contribution < -0.4 is 4.90 Å². The summed E-state index contributed by atoms with van der Waals surface area (Å²) in [4.78, 5) is 27.7. The molecule has 1 aliphatic heterocycles. The molecule has 1 N–H and O–H groups in total. The number of Topliss-reactive ketones (excluding diaryl/α,β-unsaturated/α-hetero) is 1. The molecule has 0 radical (unpaired) electrons. The Kier molecular flexibility index (Phi) is 7.10. The van der Waals surface area contributed by atoms with Gasteiger partial charge in [-0.2, -0.15) is 0 Å². The average Bonchev–Trinajstić information content (AvgIpc) is 3.46. The van der Waals surface area contributed by atoms with E-state index in [-0.39, 0.29) is 16.5 Å². The van der Waals surface area contributed by atoms with Crippen LogP contribution >= 0.6 is 34.7 Å². The van der Waals surface area contributed by atoms with Crippen LogP contribution in [0, 0.1) is 12.7 Å². The van der Waals surface area contributed by atoms with Crippen molar-refractivity contribution in [1.29, 1.82) is 0 Å². The lowest BCUT2D eigenvalue weighted by molar-refractivity contribution is -0.132. The van der Waals surface area contributed by atoms with Crippen LogP contribution in [-0.4, -0.2) is 27.0 Å². The number of aliphatic hydroxyl groups excluding tert-OH is 1. The third-order valence-corrected chi connectivity index (χ3v) is 8.21. The van der Waals surface area contributed by atoms with E-state index in [0.717, 1.165) is 22.5 Å². The summed E-state index contributed by atoms with van der Waals surface area (Å²) < 4.78 is 14.3. The number of rotatable bonds is 6. The molecule has 0 aliphatic carbocycles. The van der Waals surface area contributed by atoms with Gasteiger partial charge in [0, 0.05) is 16.3 Å². The summed E-state index contributed by atoms with van der Waals surface area (Å²) in [6.45, 7) is 1.90. The third kappa shape index (κ3) is 5.16. The Morgan fingerprint density at radius 2 is 1.70 bits per heavy atom. The maximum absolute atomic E-state index is 13.7. The van der Waals surface area contributed by atoms with Crippen LogP contribution in [0.5, 0.6) is 0 Å². The Bertz CT molecular complexity index is 1500. The van der Waals surface area contributed by atoms with Crippen molar-refractivity contribution in [2.45, 2.75) is 23.1 Å². The van der Waals surface area contributed by atoms with Crippen LogP contribution in [0.1, 0.15) is 28.3 Å². The standard InChI is InChI=1S/C27H19ClFN3O3S2/c1-15-2-6-18(7-3-15)23(33)21-22(17-8-12-20(29)13-9-17)32(25(35)24(21)34)26-30-31-27(37-26)36-14-16-4-10-19(28)11-5-16/h2-13,22,33H,14H2,1H3/b23-21-. The molecule has 3 aromatic carbocycles. The second-order valence-corrected chi connectivity index (χ2v) is 11.0. The highest BCUT2D eigenvalue weighted by atomic mass is 35.5. The summed E-state index contributed by atoms with van der Waals surface area (Å²) in [5.41, 5.74) is 2.78. The number of carbonyl (C=O) groups is 2. The molecule has 6 nitrogen and oxygen atoms in total. The lowest BCUT2D eigenvalue weighted by atomic mass is 9.95. The van der Waals surface area contributed by atoms with E-state index in [4.69, 9.17) is 11.6 Å². The number of nitrogens with zero attached hydrogens (tertiary/aromatic N) is 3. The largest absolute Gasteiger partial charge is 0.507 e. The van der Waals surface area contributed by atoms with Gasteiger partial charge in [0.25, 0.3) is 5.78 Å². The SMILES string of the molecule is Cc1ccc(/C(O)=C2/C(=O)C(=O)N(c3nnc(SCc4ccc(Cl)cc4)s3)C2c2ccc(F)cc2)cc1. The molecule has 1 aromatic heterocycles. The minimum absolute atomic E-state index is 0.0916. The van der Waals surface area contributed by atoms with Gasteiger partial charge in [0.1, 0.15) is 11.6 Å². The number of hydrogen-bond donors (Lipinski definition) is 1. The minimum atomic E-state index is -0.996. The number of aryl methyl sites for hydroxylation is 1. The van der Waals surface area contributed by atoms with Crippen LogP contribution in [0.15, 0.2) is 82.7 Å². The van der Waals surface area contributed by atoms with Gasteiger partial charge in [0.2, 0.25) is 5.13 Å². The first-order valence-corrected chi connectivity index (χ1v) is 13.3. The molecule has 5 rings (SSSR count). The topological polar surface area (TPSA) is 83.4 Å². The maximum Gasteiger partial charge on any atom is 0.301 e.